The Morgan fingerprint density at radius 3 is 2.44 bits per heavy atom. The van der Waals surface area contributed by atoms with Crippen molar-refractivity contribution in [3.8, 4) is 0 Å². The summed E-state index contributed by atoms with van der Waals surface area (Å²) in [6.45, 7) is 5.25. The second-order valence-corrected chi connectivity index (χ2v) is 4.90. The quantitative estimate of drug-likeness (QED) is 0.818. The largest absolute Gasteiger partial charge is 0.385 e. The molecule has 1 fully saturated rings. The lowest BCUT2D eigenvalue weighted by Crippen LogP contribution is -2.34. The molecule has 88 valence electrons. The van der Waals surface area contributed by atoms with Crippen molar-refractivity contribution in [1.29, 1.82) is 0 Å². The molecule has 0 aromatic heterocycles. The standard InChI is InChI=1S/C13H17ClO2/c1-9-10(2)12(14)4-3-11(9)13(15)5-7-16-8-6-13/h3-4,15H,5-8H2,1-2H3. The molecule has 1 aromatic rings. The molecule has 1 aliphatic rings. The third-order valence-corrected chi connectivity index (χ3v) is 3.95. The van der Waals surface area contributed by atoms with Crippen LogP contribution in [0.15, 0.2) is 12.1 Å². The Morgan fingerprint density at radius 1 is 1.19 bits per heavy atom. The Hall–Kier alpha value is -0.570. The van der Waals surface area contributed by atoms with Crippen LogP contribution >= 0.6 is 11.6 Å². The van der Waals surface area contributed by atoms with Gasteiger partial charge in [0.25, 0.3) is 0 Å². The zero-order valence-corrected chi connectivity index (χ0v) is 10.5. The lowest BCUT2D eigenvalue weighted by molar-refractivity contribution is -0.0682. The van der Waals surface area contributed by atoms with Gasteiger partial charge in [0.2, 0.25) is 0 Å². The minimum Gasteiger partial charge on any atom is -0.385 e. The first-order valence-electron chi connectivity index (χ1n) is 5.61. The first kappa shape index (κ1) is 11.9. The van der Waals surface area contributed by atoms with Gasteiger partial charge in [0.15, 0.2) is 0 Å². The fourth-order valence-corrected chi connectivity index (χ4v) is 2.47. The topological polar surface area (TPSA) is 29.5 Å². The zero-order valence-electron chi connectivity index (χ0n) is 9.72. The summed E-state index contributed by atoms with van der Waals surface area (Å²) in [5.74, 6) is 0. The van der Waals surface area contributed by atoms with Crippen molar-refractivity contribution < 1.29 is 9.84 Å². The smallest absolute Gasteiger partial charge is 0.0943 e. The van der Waals surface area contributed by atoms with Crippen LogP contribution in [0.5, 0.6) is 0 Å². The van der Waals surface area contributed by atoms with E-state index >= 15 is 0 Å². The second kappa shape index (κ2) is 4.36. The van der Waals surface area contributed by atoms with Gasteiger partial charge in [-0.1, -0.05) is 17.7 Å². The van der Waals surface area contributed by atoms with Gasteiger partial charge in [-0.2, -0.15) is 0 Å². The van der Waals surface area contributed by atoms with Crippen LogP contribution in [-0.2, 0) is 10.3 Å². The number of aliphatic hydroxyl groups is 1. The van der Waals surface area contributed by atoms with Crippen LogP contribution < -0.4 is 0 Å². The third kappa shape index (κ3) is 1.97. The molecule has 1 N–H and O–H groups in total. The van der Waals surface area contributed by atoms with Crippen LogP contribution in [0, 0.1) is 13.8 Å². The van der Waals surface area contributed by atoms with E-state index in [2.05, 4.69) is 0 Å². The molecular weight excluding hydrogens is 224 g/mol. The average Bonchev–Trinajstić information content (AvgIpc) is 2.27. The Morgan fingerprint density at radius 2 is 1.81 bits per heavy atom. The normalized spacial score (nSPS) is 19.8. The van der Waals surface area contributed by atoms with E-state index in [1.165, 1.54) is 0 Å². The van der Waals surface area contributed by atoms with Crippen molar-refractivity contribution >= 4 is 11.6 Å². The molecule has 1 heterocycles. The fraction of sp³-hybridized carbons (Fsp3) is 0.538. The summed E-state index contributed by atoms with van der Waals surface area (Å²) in [6, 6.07) is 3.81. The summed E-state index contributed by atoms with van der Waals surface area (Å²) in [4.78, 5) is 0. The van der Waals surface area contributed by atoms with Gasteiger partial charge in [0.1, 0.15) is 0 Å². The first-order valence-corrected chi connectivity index (χ1v) is 5.99. The summed E-state index contributed by atoms with van der Waals surface area (Å²) in [5, 5.41) is 11.4. The van der Waals surface area contributed by atoms with Crippen LogP contribution in [-0.4, -0.2) is 18.3 Å². The van der Waals surface area contributed by atoms with Gasteiger partial charge in [0.05, 0.1) is 5.60 Å². The molecule has 16 heavy (non-hydrogen) atoms. The third-order valence-electron chi connectivity index (χ3n) is 3.54. The lowest BCUT2D eigenvalue weighted by atomic mass is 9.83. The minimum absolute atomic E-state index is 0.623. The van der Waals surface area contributed by atoms with Gasteiger partial charge < -0.3 is 9.84 Å². The van der Waals surface area contributed by atoms with Gasteiger partial charge in [-0.3, -0.25) is 0 Å². The van der Waals surface area contributed by atoms with Crippen molar-refractivity contribution in [3.05, 3.63) is 33.8 Å². The molecule has 2 rings (SSSR count). The van der Waals surface area contributed by atoms with E-state index in [1.54, 1.807) is 0 Å². The molecule has 0 bridgehead atoms. The molecule has 2 nitrogen and oxygen atoms in total. The molecule has 1 saturated heterocycles. The molecule has 0 unspecified atom stereocenters. The average molecular weight is 241 g/mol. The van der Waals surface area contributed by atoms with Crippen molar-refractivity contribution in [3.63, 3.8) is 0 Å². The molecule has 0 radical (unpaired) electrons. The highest BCUT2D eigenvalue weighted by molar-refractivity contribution is 6.31. The Kier molecular flexibility index (Phi) is 3.24. The predicted molar refractivity (Wildman–Crippen MR) is 64.9 cm³/mol. The van der Waals surface area contributed by atoms with Gasteiger partial charge in [-0.25, -0.2) is 0 Å². The molecular formula is C13H17ClO2. The maximum absolute atomic E-state index is 10.6. The first-order chi connectivity index (χ1) is 7.54. The van der Waals surface area contributed by atoms with Gasteiger partial charge >= 0.3 is 0 Å². The van der Waals surface area contributed by atoms with Gasteiger partial charge in [0, 0.05) is 31.1 Å². The summed E-state index contributed by atoms with van der Waals surface area (Å²) in [7, 11) is 0. The highest BCUT2D eigenvalue weighted by Crippen LogP contribution is 2.36. The van der Waals surface area contributed by atoms with E-state index in [0.29, 0.717) is 26.1 Å². The molecule has 0 amide bonds. The number of benzene rings is 1. The maximum atomic E-state index is 10.6. The van der Waals surface area contributed by atoms with Crippen LogP contribution in [0.4, 0.5) is 0 Å². The highest BCUT2D eigenvalue weighted by Gasteiger charge is 2.33. The number of hydrogen-bond acceptors (Lipinski definition) is 2. The molecule has 0 saturated carbocycles. The van der Waals surface area contributed by atoms with E-state index in [4.69, 9.17) is 16.3 Å². The highest BCUT2D eigenvalue weighted by atomic mass is 35.5. The molecule has 0 spiro atoms. The predicted octanol–water partition coefficient (Wildman–Crippen LogP) is 2.95. The summed E-state index contributed by atoms with van der Waals surface area (Å²) in [5.41, 5.74) is 2.41. The van der Waals surface area contributed by atoms with Gasteiger partial charge in [-0.15, -0.1) is 0 Å². The van der Waals surface area contributed by atoms with Crippen LogP contribution in [0.1, 0.15) is 29.5 Å². The van der Waals surface area contributed by atoms with Crippen molar-refractivity contribution in [2.45, 2.75) is 32.3 Å². The van der Waals surface area contributed by atoms with E-state index in [0.717, 1.165) is 21.7 Å². The second-order valence-electron chi connectivity index (χ2n) is 4.49. The van der Waals surface area contributed by atoms with E-state index in [9.17, 15) is 5.11 Å². The van der Waals surface area contributed by atoms with Crippen LogP contribution in [0.25, 0.3) is 0 Å². The number of rotatable bonds is 1. The Balaban J connectivity index is 2.43. The monoisotopic (exact) mass is 240 g/mol. The molecule has 0 atom stereocenters. The summed E-state index contributed by atoms with van der Waals surface area (Å²) < 4.78 is 5.29. The lowest BCUT2D eigenvalue weighted by Gasteiger charge is -2.34. The molecule has 1 aliphatic heterocycles. The number of ether oxygens (including phenoxy) is 1. The van der Waals surface area contributed by atoms with E-state index in [-0.39, 0.29) is 0 Å². The van der Waals surface area contributed by atoms with E-state index < -0.39 is 5.60 Å². The number of hydrogen-bond donors (Lipinski definition) is 1. The van der Waals surface area contributed by atoms with Gasteiger partial charge in [-0.05, 0) is 36.6 Å². The summed E-state index contributed by atoms with van der Waals surface area (Å²) >= 11 is 6.06. The van der Waals surface area contributed by atoms with Crippen molar-refractivity contribution in [1.82, 2.24) is 0 Å². The minimum atomic E-state index is -0.738. The molecule has 3 heteroatoms. The number of halogens is 1. The van der Waals surface area contributed by atoms with Crippen LogP contribution in [0.2, 0.25) is 5.02 Å². The SMILES string of the molecule is Cc1c(Cl)ccc(C2(O)CCOCC2)c1C. The Labute approximate surface area is 101 Å². The van der Waals surface area contributed by atoms with E-state index in [1.807, 2.05) is 26.0 Å². The van der Waals surface area contributed by atoms with Crippen molar-refractivity contribution in [2.75, 3.05) is 13.2 Å². The van der Waals surface area contributed by atoms with Crippen molar-refractivity contribution in [2.24, 2.45) is 0 Å². The molecule has 1 aromatic carbocycles. The summed E-state index contributed by atoms with van der Waals surface area (Å²) in [6.07, 6.45) is 1.32. The van der Waals surface area contributed by atoms with Crippen LogP contribution in [0.3, 0.4) is 0 Å². The molecule has 0 aliphatic carbocycles. The fourth-order valence-electron chi connectivity index (χ4n) is 2.27. The zero-order chi connectivity index (χ0) is 11.8. The maximum Gasteiger partial charge on any atom is 0.0943 e. The Bertz CT molecular complexity index is 395.